The third-order valence-electron chi connectivity index (χ3n) is 6.17. The molecular weight excluding hydrogens is 528 g/mol. The topological polar surface area (TPSA) is 57.7 Å². The summed E-state index contributed by atoms with van der Waals surface area (Å²) in [5, 5.41) is 2.01. The first-order chi connectivity index (χ1) is 16.8. The van der Waals surface area contributed by atoms with Gasteiger partial charge in [0, 0.05) is 50.3 Å². The smallest absolute Gasteiger partial charge is 0.261 e. The lowest BCUT2D eigenvalue weighted by Crippen LogP contribution is -2.46. The highest BCUT2D eigenvalue weighted by molar-refractivity contribution is 9.10. The Bertz CT molecular complexity index is 1460. The van der Waals surface area contributed by atoms with Gasteiger partial charge in [-0.25, -0.2) is 0 Å². The van der Waals surface area contributed by atoms with Crippen LogP contribution in [0, 0.1) is 6.92 Å². The molecule has 1 heterocycles. The zero-order chi connectivity index (χ0) is 24.7. The molecule has 0 unspecified atom stereocenters. The second-order valence-electron chi connectivity index (χ2n) is 8.38. The molecule has 35 heavy (non-hydrogen) atoms. The summed E-state index contributed by atoms with van der Waals surface area (Å²) in [6.45, 7) is 2.16. The van der Waals surface area contributed by atoms with Crippen molar-refractivity contribution in [3.63, 3.8) is 0 Å². The van der Waals surface area contributed by atoms with Crippen LogP contribution < -0.4 is 4.90 Å². The molecule has 174 valence electrons. The summed E-state index contributed by atoms with van der Waals surface area (Å²) in [7, 11) is 0. The fourth-order valence-electron chi connectivity index (χ4n) is 4.33. The molecule has 5 rings (SSSR count). The van der Waals surface area contributed by atoms with Crippen LogP contribution in [0.3, 0.4) is 0 Å². The first-order valence-electron chi connectivity index (χ1n) is 11.1. The number of imide groups is 1. The summed E-state index contributed by atoms with van der Waals surface area (Å²) in [6.07, 6.45) is 0. The highest BCUT2D eigenvalue weighted by Crippen LogP contribution is 2.34. The van der Waals surface area contributed by atoms with E-state index in [2.05, 4.69) is 15.9 Å². The molecule has 7 heteroatoms. The van der Waals surface area contributed by atoms with Crippen LogP contribution in [-0.2, 0) is 0 Å². The van der Waals surface area contributed by atoms with Gasteiger partial charge < -0.3 is 4.90 Å². The Balaban J connectivity index is 1.48. The highest BCUT2D eigenvalue weighted by atomic mass is 79.9. The Morgan fingerprint density at radius 2 is 1.54 bits per heavy atom. The number of hydrogen-bond donors (Lipinski definition) is 0. The molecule has 0 N–H and O–H groups in total. The van der Waals surface area contributed by atoms with Crippen LogP contribution in [0.5, 0.6) is 0 Å². The van der Waals surface area contributed by atoms with Crippen molar-refractivity contribution in [2.75, 3.05) is 18.0 Å². The largest absolute Gasteiger partial charge is 0.307 e. The minimum atomic E-state index is -0.367. The van der Waals surface area contributed by atoms with E-state index < -0.39 is 0 Å². The maximum absolute atomic E-state index is 13.5. The van der Waals surface area contributed by atoms with Gasteiger partial charge in [0.15, 0.2) is 0 Å². The zero-order valence-corrected chi connectivity index (χ0v) is 21.1. The number of rotatable bonds is 5. The van der Waals surface area contributed by atoms with E-state index in [0.717, 1.165) is 15.4 Å². The summed E-state index contributed by atoms with van der Waals surface area (Å²) in [5.74, 6) is -0.975. The van der Waals surface area contributed by atoms with Gasteiger partial charge in [0.25, 0.3) is 17.7 Å². The van der Waals surface area contributed by atoms with E-state index in [1.807, 2.05) is 43.3 Å². The number of benzene rings is 4. The van der Waals surface area contributed by atoms with E-state index in [4.69, 9.17) is 11.6 Å². The summed E-state index contributed by atoms with van der Waals surface area (Å²) in [6, 6.07) is 23.2. The van der Waals surface area contributed by atoms with Crippen molar-refractivity contribution < 1.29 is 14.4 Å². The van der Waals surface area contributed by atoms with Gasteiger partial charge in [-0.2, -0.15) is 0 Å². The number of carbonyl (C=O) groups is 3. The fraction of sp³-hybridized carbons (Fsp3) is 0.107. The average Bonchev–Trinajstić information content (AvgIpc) is 2.86. The molecule has 0 aromatic heterocycles. The minimum absolute atomic E-state index is 0.0523. The maximum Gasteiger partial charge on any atom is 0.261 e. The normalized spacial score (nSPS) is 12.8. The number of nitrogens with zero attached hydrogens (tertiary/aromatic N) is 2. The molecule has 0 fully saturated rings. The van der Waals surface area contributed by atoms with Crippen molar-refractivity contribution in [1.82, 2.24) is 4.90 Å². The van der Waals surface area contributed by atoms with Gasteiger partial charge in [-0.3, -0.25) is 19.3 Å². The second kappa shape index (κ2) is 9.29. The van der Waals surface area contributed by atoms with E-state index in [0.29, 0.717) is 32.8 Å². The molecular formula is C28H20BrClN2O3. The van der Waals surface area contributed by atoms with Crippen LogP contribution in [0.15, 0.2) is 83.3 Å². The summed E-state index contributed by atoms with van der Waals surface area (Å²) >= 11 is 9.51. The predicted molar refractivity (Wildman–Crippen MR) is 141 cm³/mol. The van der Waals surface area contributed by atoms with Gasteiger partial charge in [-0.05, 0) is 66.9 Å². The highest BCUT2D eigenvalue weighted by Gasteiger charge is 2.33. The lowest BCUT2D eigenvalue weighted by atomic mass is 9.94. The van der Waals surface area contributed by atoms with Crippen LogP contribution in [0.4, 0.5) is 5.69 Å². The number of hydrogen-bond acceptors (Lipinski definition) is 3. The molecule has 5 nitrogen and oxygen atoms in total. The first-order valence-corrected chi connectivity index (χ1v) is 12.2. The minimum Gasteiger partial charge on any atom is -0.307 e. The number of carbonyl (C=O) groups excluding carboxylic acids is 3. The van der Waals surface area contributed by atoms with Gasteiger partial charge in [0.2, 0.25) is 0 Å². The summed E-state index contributed by atoms with van der Waals surface area (Å²) in [5.41, 5.74) is 3.16. The number of amides is 3. The molecule has 1 aliphatic rings. The Hall–Kier alpha value is -3.48. The zero-order valence-electron chi connectivity index (χ0n) is 18.8. The maximum atomic E-state index is 13.5. The van der Waals surface area contributed by atoms with Crippen molar-refractivity contribution in [3.8, 4) is 0 Å². The van der Waals surface area contributed by atoms with Crippen LogP contribution in [0.2, 0.25) is 5.02 Å². The second-order valence-corrected chi connectivity index (χ2v) is 9.68. The number of aryl methyl sites for hydroxylation is 1. The van der Waals surface area contributed by atoms with Crippen molar-refractivity contribution in [1.29, 1.82) is 0 Å². The van der Waals surface area contributed by atoms with Gasteiger partial charge >= 0.3 is 0 Å². The quantitative estimate of drug-likeness (QED) is 0.268. The molecule has 3 amide bonds. The Morgan fingerprint density at radius 3 is 2.23 bits per heavy atom. The molecule has 0 saturated carbocycles. The Morgan fingerprint density at radius 1 is 0.886 bits per heavy atom. The lowest BCUT2D eigenvalue weighted by molar-refractivity contribution is 0.0611. The van der Waals surface area contributed by atoms with Crippen LogP contribution in [0.25, 0.3) is 10.8 Å². The van der Waals surface area contributed by atoms with Crippen molar-refractivity contribution in [3.05, 3.63) is 111 Å². The van der Waals surface area contributed by atoms with E-state index in [1.165, 1.54) is 4.90 Å². The van der Waals surface area contributed by atoms with Gasteiger partial charge in [0.1, 0.15) is 0 Å². The molecule has 0 aliphatic carbocycles. The Kier molecular flexibility index (Phi) is 6.17. The van der Waals surface area contributed by atoms with Crippen molar-refractivity contribution in [2.45, 2.75) is 6.92 Å². The van der Waals surface area contributed by atoms with Crippen LogP contribution in [-0.4, -0.2) is 35.7 Å². The third-order valence-corrected chi connectivity index (χ3v) is 7.11. The number of halogens is 2. The fourth-order valence-corrected chi connectivity index (χ4v) is 4.92. The van der Waals surface area contributed by atoms with Crippen molar-refractivity contribution in [2.24, 2.45) is 0 Å². The van der Waals surface area contributed by atoms with Gasteiger partial charge in [-0.15, -0.1) is 0 Å². The van der Waals surface area contributed by atoms with Crippen molar-refractivity contribution >= 4 is 61.7 Å². The molecule has 1 aliphatic heterocycles. The Labute approximate surface area is 216 Å². The first kappa shape index (κ1) is 23.3. The molecule has 0 spiro atoms. The van der Waals surface area contributed by atoms with E-state index in [1.54, 1.807) is 47.4 Å². The molecule has 0 atom stereocenters. The SMILES string of the molecule is Cc1ccc(N(CCN2C(=O)c3cccc4c(Br)ccc(c34)C2=O)C(=O)c2ccc(Cl)cc2)cc1. The van der Waals surface area contributed by atoms with Gasteiger partial charge in [-0.1, -0.05) is 57.4 Å². The molecule has 0 radical (unpaired) electrons. The lowest BCUT2D eigenvalue weighted by Gasteiger charge is -2.30. The van der Waals surface area contributed by atoms with E-state index >= 15 is 0 Å². The predicted octanol–water partition coefficient (Wildman–Crippen LogP) is 6.51. The third kappa shape index (κ3) is 4.24. The molecule has 0 saturated heterocycles. The van der Waals surface area contributed by atoms with E-state index in [-0.39, 0.29) is 30.8 Å². The van der Waals surface area contributed by atoms with Gasteiger partial charge in [0.05, 0.1) is 0 Å². The summed E-state index contributed by atoms with van der Waals surface area (Å²) < 4.78 is 0.825. The standard InChI is InChI=1S/C28H20BrClN2O3/c1-17-5-11-20(12-6-17)31(26(33)18-7-9-19(30)10-8-18)15-16-32-27(34)22-4-2-3-21-24(29)14-13-23(25(21)22)28(32)35/h2-14H,15-16H2,1H3. The van der Waals surface area contributed by atoms with Crippen LogP contribution >= 0.6 is 27.5 Å². The molecule has 4 aromatic carbocycles. The summed E-state index contributed by atoms with van der Waals surface area (Å²) in [4.78, 5) is 43.0. The molecule has 0 bridgehead atoms. The monoisotopic (exact) mass is 546 g/mol. The molecule has 4 aromatic rings. The van der Waals surface area contributed by atoms with Crippen LogP contribution in [0.1, 0.15) is 36.6 Å². The van der Waals surface area contributed by atoms with E-state index in [9.17, 15) is 14.4 Å². The number of anilines is 1. The average molecular weight is 548 g/mol.